The van der Waals surface area contributed by atoms with Crippen LogP contribution in [0.25, 0.3) is 6.08 Å². The molecule has 0 heterocycles. The lowest BCUT2D eigenvalue weighted by Gasteiger charge is -2.05. The Kier molecular flexibility index (Phi) is 7.35. The summed E-state index contributed by atoms with van der Waals surface area (Å²) in [4.78, 5) is 23.3. The minimum absolute atomic E-state index is 0.296. The molecule has 2 rings (SSSR count). The topological polar surface area (TPSA) is 55.4 Å². The van der Waals surface area contributed by atoms with Crippen LogP contribution in [0.1, 0.15) is 11.1 Å². The monoisotopic (exact) mass is 405 g/mol. The molecule has 25 heavy (non-hydrogen) atoms. The quantitative estimate of drug-likeness (QED) is 0.566. The number of rotatable bonds is 7. The van der Waals surface area contributed by atoms with Gasteiger partial charge in [-0.15, -0.1) is 0 Å². The van der Waals surface area contributed by atoms with Crippen molar-refractivity contribution >= 4 is 33.9 Å². The van der Waals surface area contributed by atoms with E-state index in [1.54, 1.807) is 18.2 Å². The van der Waals surface area contributed by atoms with Gasteiger partial charge in [0.15, 0.2) is 6.61 Å². The SMILES string of the molecule is O=C(COC(=O)/C=C/c1ccccc1Br)NCCc1ccc(F)cc1. The second-order valence-electron chi connectivity index (χ2n) is 5.19. The van der Waals surface area contributed by atoms with E-state index < -0.39 is 5.97 Å². The van der Waals surface area contributed by atoms with E-state index in [9.17, 15) is 14.0 Å². The van der Waals surface area contributed by atoms with Crippen LogP contribution in [0.3, 0.4) is 0 Å². The molecule has 2 aromatic rings. The molecular formula is C19H17BrFNO3. The number of hydrogen-bond donors (Lipinski definition) is 1. The predicted molar refractivity (Wildman–Crippen MR) is 97.2 cm³/mol. The number of hydrogen-bond acceptors (Lipinski definition) is 3. The number of carbonyl (C=O) groups excluding carboxylic acids is 2. The summed E-state index contributed by atoms with van der Waals surface area (Å²) in [6, 6.07) is 13.5. The van der Waals surface area contributed by atoms with E-state index >= 15 is 0 Å². The van der Waals surface area contributed by atoms with Crippen LogP contribution in [0.2, 0.25) is 0 Å². The zero-order chi connectivity index (χ0) is 18.1. The van der Waals surface area contributed by atoms with E-state index in [1.807, 2.05) is 24.3 Å². The van der Waals surface area contributed by atoms with Crippen molar-refractivity contribution in [2.45, 2.75) is 6.42 Å². The first kappa shape index (κ1) is 18.9. The van der Waals surface area contributed by atoms with Gasteiger partial charge in [0.25, 0.3) is 5.91 Å². The van der Waals surface area contributed by atoms with Crippen molar-refractivity contribution in [3.8, 4) is 0 Å². The van der Waals surface area contributed by atoms with Gasteiger partial charge in [-0.05, 0) is 41.8 Å². The first-order valence-corrected chi connectivity index (χ1v) is 8.44. The van der Waals surface area contributed by atoms with Crippen LogP contribution < -0.4 is 5.32 Å². The zero-order valence-corrected chi connectivity index (χ0v) is 15.0. The first-order valence-electron chi connectivity index (χ1n) is 7.65. The van der Waals surface area contributed by atoms with Crippen LogP contribution in [0.15, 0.2) is 59.1 Å². The molecule has 1 amide bonds. The molecule has 4 nitrogen and oxygen atoms in total. The molecule has 6 heteroatoms. The van der Waals surface area contributed by atoms with Crippen LogP contribution in [-0.4, -0.2) is 25.0 Å². The maximum atomic E-state index is 12.8. The van der Waals surface area contributed by atoms with Crippen LogP contribution in [-0.2, 0) is 20.7 Å². The average molecular weight is 406 g/mol. The highest BCUT2D eigenvalue weighted by atomic mass is 79.9. The molecule has 0 atom stereocenters. The molecule has 0 bridgehead atoms. The molecular weight excluding hydrogens is 389 g/mol. The molecule has 1 N–H and O–H groups in total. The summed E-state index contributed by atoms with van der Waals surface area (Å²) in [5.41, 5.74) is 1.75. The van der Waals surface area contributed by atoms with Crippen molar-refractivity contribution in [1.29, 1.82) is 0 Å². The molecule has 130 valence electrons. The summed E-state index contributed by atoms with van der Waals surface area (Å²) in [5, 5.41) is 2.64. The lowest BCUT2D eigenvalue weighted by atomic mass is 10.1. The zero-order valence-electron chi connectivity index (χ0n) is 13.4. The number of amides is 1. The van der Waals surface area contributed by atoms with Gasteiger partial charge in [0.1, 0.15) is 5.82 Å². The van der Waals surface area contributed by atoms with Crippen molar-refractivity contribution in [3.05, 3.63) is 76.0 Å². The lowest BCUT2D eigenvalue weighted by molar-refractivity contribution is -0.143. The maximum absolute atomic E-state index is 12.8. The highest BCUT2D eigenvalue weighted by Gasteiger charge is 2.05. The summed E-state index contributed by atoms with van der Waals surface area (Å²) in [5.74, 6) is -1.27. The van der Waals surface area contributed by atoms with Gasteiger partial charge < -0.3 is 10.1 Å². The first-order chi connectivity index (χ1) is 12.0. The van der Waals surface area contributed by atoms with Gasteiger partial charge in [-0.1, -0.05) is 46.3 Å². The summed E-state index contributed by atoms with van der Waals surface area (Å²) >= 11 is 3.37. The van der Waals surface area contributed by atoms with Gasteiger partial charge in [0, 0.05) is 17.1 Å². The Balaban J connectivity index is 1.68. The summed E-state index contributed by atoms with van der Waals surface area (Å²) in [6.45, 7) is 0.0391. The fourth-order valence-electron chi connectivity index (χ4n) is 2.00. The summed E-state index contributed by atoms with van der Waals surface area (Å²) in [6.07, 6.45) is 3.45. The molecule has 2 aromatic carbocycles. The van der Waals surface area contributed by atoms with E-state index in [4.69, 9.17) is 4.74 Å². The summed E-state index contributed by atoms with van der Waals surface area (Å²) < 4.78 is 18.5. The third-order valence-electron chi connectivity index (χ3n) is 3.30. The predicted octanol–water partition coefficient (Wildman–Crippen LogP) is 3.50. The second kappa shape index (κ2) is 9.74. The third-order valence-corrected chi connectivity index (χ3v) is 4.02. The Morgan fingerprint density at radius 1 is 1.12 bits per heavy atom. The second-order valence-corrected chi connectivity index (χ2v) is 6.04. The molecule has 0 aliphatic heterocycles. The fraction of sp³-hybridized carbons (Fsp3) is 0.158. The van der Waals surface area contributed by atoms with Crippen LogP contribution >= 0.6 is 15.9 Å². The Morgan fingerprint density at radius 2 is 1.84 bits per heavy atom. The number of benzene rings is 2. The Hall–Kier alpha value is -2.47. The number of ether oxygens (including phenoxy) is 1. The molecule has 0 saturated heterocycles. The number of esters is 1. The third kappa shape index (κ3) is 6.89. The van der Waals surface area contributed by atoms with Crippen LogP contribution in [0.5, 0.6) is 0 Å². The smallest absolute Gasteiger partial charge is 0.331 e. The van der Waals surface area contributed by atoms with Crippen molar-refractivity contribution in [3.63, 3.8) is 0 Å². The lowest BCUT2D eigenvalue weighted by Crippen LogP contribution is -2.30. The van der Waals surface area contributed by atoms with Crippen molar-refractivity contribution in [2.75, 3.05) is 13.2 Å². The fourth-order valence-corrected chi connectivity index (χ4v) is 2.42. The van der Waals surface area contributed by atoms with E-state index in [0.29, 0.717) is 13.0 Å². The molecule has 0 spiro atoms. The molecule has 0 saturated carbocycles. The Bertz CT molecular complexity index is 760. The van der Waals surface area contributed by atoms with Crippen molar-refractivity contribution < 1.29 is 18.7 Å². The molecule has 0 aliphatic rings. The highest BCUT2D eigenvalue weighted by molar-refractivity contribution is 9.10. The van der Waals surface area contributed by atoms with E-state index in [1.165, 1.54) is 18.2 Å². The van der Waals surface area contributed by atoms with Crippen LogP contribution in [0, 0.1) is 5.82 Å². The summed E-state index contributed by atoms with van der Waals surface area (Å²) in [7, 11) is 0. The standard InChI is InChI=1S/C19H17BrFNO3/c20-17-4-2-1-3-15(17)7-10-19(24)25-13-18(23)22-12-11-14-5-8-16(21)9-6-14/h1-10H,11-13H2,(H,22,23)/b10-7+. The highest BCUT2D eigenvalue weighted by Crippen LogP contribution is 2.17. The molecule has 0 radical (unpaired) electrons. The largest absolute Gasteiger partial charge is 0.452 e. The number of carbonyl (C=O) groups is 2. The van der Waals surface area contributed by atoms with Gasteiger partial charge in [-0.3, -0.25) is 4.79 Å². The van der Waals surface area contributed by atoms with Gasteiger partial charge in [-0.25, -0.2) is 9.18 Å². The van der Waals surface area contributed by atoms with E-state index in [2.05, 4.69) is 21.2 Å². The van der Waals surface area contributed by atoms with E-state index in [-0.39, 0.29) is 18.3 Å². The van der Waals surface area contributed by atoms with Crippen molar-refractivity contribution in [2.24, 2.45) is 0 Å². The number of nitrogens with one attached hydrogen (secondary N) is 1. The number of halogens is 2. The van der Waals surface area contributed by atoms with Crippen LogP contribution in [0.4, 0.5) is 4.39 Å². The molecule has 0 fully saturated rings. The van der Waals surface area contributed by atoms with Crippen molar-refractivity contribution in [1.82, 2.24) is 5.32 Å². The van der Waals surface area contributed by atoms with E-state index in [0.717, 1.165) is 15.6 Å². The maximum Gasteiger partial charge on any atom is 0.331 e. The molecule has 0 unspecified atom stereocenters. The Labute approximate surface area is 153 Å². The molecule has 0 aliphatic carbocycles. The van der Waals surface area contributed by atoms with Gasteiger partial charge in [0.2, 0.25) is 0 Å². The minimum Gasteiger partial charge on any atom is -0.452 e. The normalized spacial score (nSPS) is 10.6. The minimum atomic E-state index is -0.593. The van der Waals surface area contributed by atoms with Gasteiger partial charge in [0.05, 0.1) is 0 Å². The average Bonchev–Trinajstić information content (AvgIpc) is 2.61. The van der Waals surface area contributed by atoms with Gasteiger partial charge >= 0.3 is 5.97 Å². The molecule has 0 aromatic heterocycles. The van der Waals surface area contributed by atoms with Gasteiger partial charge in [-0.2, -0.15) is 0 Å². The Morgan fingerprint density at radius 3 is 2.56 bits per heavy atom.